The van der Waals surface area contributed by atoms with Crippen LogP contribution in [-0.2, 0) is 5.41 Å². The first-order valence-corrected chi connectivity index (χ1v) is 4.74. The first kappa shape index (κ1) is 9.59. The summed E-state index contributed by atoms with van der Waals surface area (Å²) in [6, 6.07) is 3.57. The summed E-state index contributed by atoms with van der Waals surface area (Å²) in [5.41, 5.74) is 0.00488. The summed E-state index contributed by atoms with van der Waals surface area (Å²) in [6.45, 7) is -0.0600. The minimum Gasteiger partial charge on any atom is -0.395 e. The van der Waals surface area contributed by atoms with Crippen LogP contribution in [0.25, 0.3) is 0 Å². The van der Waals surface area contributed by atoms with Crippen LogP contribution in [0.2, 0.25) is 0 Å². The average molecular weight is 198 g/mol. The van der Waals surface area contributed by atoms with Crippen molar-refractivity contribution in [2.75, 3.05) is 6.61 Å². The number of aliphatic hydroxyl groups is 1. The average Bonchev–Trinajstić information content (AvgIpc) is 2.07. The first-order chi connectivity index (χ1) is 6.68. The molecule has 1 N–H and O–H groups in total. The van der Waals surface area contributed by atoms with Gasteiger partial charge in [-0.1, -0.05) is 12.5 Å². The Bertz CT molecular complexity index is 340. The number of rotatable bonds is 2. The predicted molar refractivity (Wildman–Crippen MR) is 49.0 cm³/mol. The quantitative estimate of drug-likeness (QED) is 0.773. The van der Waals surface area contributed by atoms with Gasteiger partial charge in [-0.15, -0.1) is 0 Å². The molecule has 0 aromatic heterocycles. The lowest BCUT2D eigenvalue weighted by Crippen LogP contribution is -2.38. The third-order valence-corrected chi connectivity index (χ3v) is 3.12. The molecule has 1 fully saturated rings. The van der Waals surface area contributed by atoms with Gasteiger partial charge in [0.25, 0.3) is 0 Å². The molecule has 0 heterocycles. The monoisotopic (exact) mass is 198 g/mol. The van der Waals surface area contributed by atoms with Crippen LogP contribution in [0, 0.1) is 11.6 Å². The van der Waals surface area contributed by atoms with Gasteiger partial charge in [0.1, 0.15) is 11.6 Å². The Morgan fingerprint density at radius 3 is 2.43 bits per heavy atom. The van der Waals surface area contributed by atoms with Crippen molar-refractivity contribution in [3.63, 3.8) is 0 Å². The molecule has 0 bridgehead atoms. The van der Waals surface area contributed by atoms with E-state index in [9.17, 15) is 13.9 Å². The summed E-state index contributed by atoms with van der Waals surface area (Å²) in [6.07, 6.45) is 2.56. The largest absolute Gasteiger partial charge is 0.395 e. The number of hydrogen-bond acceptors (Lipinski definition) is 1. The van der Waals surface area contributed by atoms with E-state index in [4.69, 9.17) is 0 Å². The summed E-state index contributed by atoms with van der Waals surface area (Å²) in [4.78, 5) is 0. The Morgan fingerprint density at radius 2 is 2.00 bits per heavy atom. The summed E-state index contributed by atoms with van der Waals surface area (Å²) >= 11 is 0. The van der Waals surface area contributed by atoms with Crippen LogP contribution in [0.5, 0.6) is 0 Å². The molecular formula is C11H12F2O. The van der Waals surface area contributed by atoms with E-state index in [0.29, 0.717) is 5.56 Å². The van der Waals surface area contributed by atoms with Crippen molar-refractivity contribution in [1.82, 2.24) is 0 Å². The summed E-state index contributed by atoms with van der Waals surface area (Å²) in [5, 5.41) is 9.22. The zero-order valence-electron chi connectivity index (χ0n) is 7.76. The number of aliphatic hydroxyl groups excluding tert-OH is 1. The van der Waals surface area contributed by atoms with Gasteiger partial charge in [0, 0.05) is 11.5 Å². The fraction of sp³-hybridized carbons (Fsp3) is 0.455. The normalized spacial score (nSPS) is 19.1. The van der Waals surface area contributed by atoms with Crippen molar-refractivity contribution >= 4 is 0 Å². The molecule has 1 aliphatic carbocycles. The number of halogens is 2. The second-order valence-corrected chi connectivity index (χ2v) is 3.92. The van der Waals surface area contributed by atoms with E-state index in [0.717, 1.165) is 25.3 Å². The molecule has 1 nitrogen and oxygen atoms in total. The molecule has 1 aromatic rings. The van der Waals surface area contributed by atoms with Crippen LogP contribution in [0.15, 0.2) is 18.2 Å². The van der Waals surface area contributed by atoms with E-state index in [-0.39, 0.29) is 6.61 Å². The lowest BCUT2D eigenvalue weighted by molar-refractivity contribution is 0.116. The molecule has 14 heavy (non-hydrogen) atoms. The van der Waals surface area contributed by atoms with Crippen molar-refractivity contribution in [1.29, 1.82) is 0 Å². The molecule has 0 aliphatic heterocycles. The standard InChI is InChI=1S/C11H12F2O/c12-8-2-3-9(10(13)6-8)11(7-14)4-1-5-11/h2-3,6,14H,1,4-5,7H2. The maximum Gasteiger partial charge on any atom is 0.129 e. The Kier molecular flexibility index (Phi) is 2.27. The maximum atomic E-state index is 13.4. The first-order valence-electron chi connectivity index (χ1n) is 4.74. The topological polar surface area (TPSA) is 20.2 Å². The molecule has 0 amide bonds. The van der Waals surface area contributed by atoms with Gasteiger partial charge in [0.15, 0.2) is 0 Å². The molecule has 0 spiro atoms. The highest BCUT2D eigenvalue weighted by Gasteiger charge is 2.39. The summed E-state index contributed by atoms with van der Waals surface area (Å²) < 4.78 is 26.1. The van der Waals surface area contributed by atoms with Gasteiger partial charge in [-0.05, 0) is 24.5 Å². The zero-order valence-corrected chi connectivity index (χ0v) is 7.76. The second-order valence-electron chi connectivity index (χ2n) is 3.92. The van der Waals surface area contributed by atoms with Crippen molar-refractivity contribution < 1.29 is 13.9 Å². The molecule has 2 rings (SSSR count). The van der Waals surface area contributed by atoms with E-state index < -0.39 is 17.0 Å². The predicted octanol–water partition coefficient (Wildman–Crippen LogP) is 2.38. The fourth-order valence-corrected chi connectivity index (χ4v) is 2.04. The Balaban J connectivity index is 2.40. The highest BCUT2D eigenvalue weighted by atomic mass is 19.1. The lowest BCUT2D eigenvalue weighted by Gasteiger charge is -2.40. The smallest absolute Gasteiger partial charge is 0.129 e. The molecule has 0 unspecified atom stereocenters. The molecule has 0 saturated heterocycles. The summed E-state index contributed by atoms with van der Waals surface area (Å²) in [5.74, 6) is -1.11. The molecule has 1 aromatic carbocycles. The van der Waals surface area contributed by atoms with E-state index in [2.05, 4.69) is 0 Å². The van der Waals surface area contributed by atoms with Crippen LogP contribution >= 0.6 is 0 Å². The van der Waals surface area contributed by atoms with Gasteiger partial charge >= 0.3 is 0 Å². The highest BCUT2D eigenvalue weighted by molar-refractivity contribution is 5.30. The van der Waals surface area contributed by atoms with Crippen molar-refractivity contribution in [3.8, 4) is 0 Å². The maximum absolute atomic E-state index is 13.4. The summed E-state index contributed by atoms with van der Waals surface area (Å²) in [7, 11) is 0. The van der Waals surface area contributed by atoms with E-state index in [1.165, 1.54) is 12.1 Å². The highest BCUT2D eigenvalue weighted by Crippen LogP contribution is 2.44. The van der Waals surface area contributed by atoms with Gasteiger partial charge in [-0.25, -0.2) is 8.78 Å². The third kappa shape index (κ3) is 1.32. The van der Waals surface area contributed by atoms with Gasteiger partial charge < -0.3 is 5.11 Å². The molecule has 1 aliphatic rings. The molecule has 76 valence electrons. The Labute approximate surface area is 81.4 Å². The van der Waals surface area contributed by atoms with Crippen molar-refractivity contribution in [2.45, 2.75) is 24.7 Å². The van der Waals surface area contributed by atoms with Crippen LogP contribution < -0.4 is 0 Å². The van der Waals surface area contributed by atoms with Gasteiger partial charge in [-0.2, -0.15) is 0 Å². The molecule has 1 saturated carbocycles. The van der Waals surface area contributed by atoms with Crippen molar-refractivity contribution in [3.05, 3.63) is 35.4 Å². The Hall–Kier alpha value is -0.960. The van der Waals surface area contributed by atoms with Gasteiger partial charge in [0.2, 0.25) is 0 Å². The Morgan fingerprint density at radius 1 is 1.29 bits per heavy atom. The second kappa shape index (κ2) is 3.31. The SMILES string of the molecule is OCC1(c2ccc(F)cc2F)CCC1. The number of hydrogen-bond donors (Lipinski definition) is 1. The zero-order chi connectivity index (χ0) is 10.2. The van der Waals surface area contributed by atoms with E-state index >= 15 is 0 Å². The van der Waals surface area contributed by atoms with E-state index in [1.54, 1.807) is 0 Å². The van der Waals surface area contributed by atoms with E-state index in [1.807, 2.05) is 0 Å². The van der Waals surface area contributed by atoms with Crippen LogP contribution in [0.1, 0.15) is 24.8 Å². The van der Waals surface area contributed by atoms with Gasteiger partial charge in [0.05, 0.1) is 6.61 Å². The molecule has 0 radical (unpaired) electrons. The lowest BCUT2D eigenvalue weighted by atomic mass is 9.65. The molecule has 0 atom stereocenters. The minimum absolute atomic E-state index is 0.0600. The van der Waals surface area contributed by atoms with Crippen molar-refractivity contribution in [2.24, 2.45) is 0 Å². The fourth-order valence-electron chi connectivity index (χ4n) is 2.04. The van der Waals surface area contributed by atoms with Crippen LogP contribution in [-0.4, -0.2) is 11.7 Å². The number of benzene rings is 1. The third-order valence-electron chi connectivity index (χ3n) is 3.12. The van der Waals surface area contributed by atoms with Crippen LogP contribution in [0.4, 0.5) is 8.78 Å². The molecular weight excluding hydrogens is 186 g/mol. The van der Waals surface area contributed by atoms with Gasteiger partial charge in [-0.3, -0.25) is 0 Å². The minimum atomic E-state index is -0.571. The molecule has 3 heteroatoms. The van der Waals surface area contributed by atoms with Crippen LogP contribution in [0.3, 0.4) is 0 Å².